The molecule has 0 N–H and O–H groups in total. The predicted molar refractivity (Wildman–Crippen MR) is 157 cm³/mol. The van der Waals surface area contributed by atoms with Crippen molar-refractivity contribution in [3.8, 4) is 0 Å². The van der Waals surface area contributed by atoms with Gasteiger partial charge in [0.2, 0.25) is 0 Å². The summed E-state index contributed by atoms with van der Waals surface area (Å²) in [6.45, 7) is 0. The van der Waals surface area contributed by atoms with Crippen LogP contribution in [0.4, 0.5) is 5.69 Å². The highest BCUT2D eigenvalue weighted by Gasteiger charge is 2.60. The number of halogens is 1. The predicted octanol–water partition coefficient (Wildman–Crippen LogP) is 2.97. The zero-order valence-electron chi connectivity index (χ0n) is 21.0. The van der Waals surface area contributed by atoms with Crippen molar-refractivity contribution in [1.29, 1.82) is 0 Å². The molecule has 0 aromatic heterocycles. The highest BCUT2D eigenvalue weighted by molar-refractivity contribution is 8.00. The average molecular weight is 546 g/mol. The standard InChI is InChI=1S/C34H25NO2P.ClH/c36-32-33(31(26-16-6-1-7-17-26)35(34(32)37)27-18-8-2-9-19-27)38(28-20-10-3-11-21-28,29-22-12-4-13-23-29)30-24-14-5-15-25-30;/h1-25H;1H/q+1;/p-1. The number of anilines is 1. The summed E-state index contributed by atoms with van der Waals surface area (Å²) in [5, 5.41) is 3.63. The van der Waals surface area contributed by atoms with Gasteiger partial charge in [-0.05, 0) is 48.5 Å². The van der Waals surface area contributed by atoms with Crippen LogP contribution in [0.1, 0.15) is 5.56 Å². The number of rotatable bonds is 6. The molecule has 0 spiro atoms. The van der Waals surface area contributed by atoms with E-state index in [9.17, 15) is 9.59 Å². The van der Waals surface area contributed by atoms with Crippen LogP contribution in [0.25, 0.3) is 5.70 Å². The highest BCUT2D eigenvalue weighted by Crippen LogP contribution is 2.66. The minimum Gasteiger partial charge on any atom is -1.00 e. The average Bonchev–Trinajstić information content (AvgIpc) is 3.26. The molecule has 5 aromatic rings. The van der Waals surface area contributed by atoms with E-state index in [0.717, 1.165) is 21.5 Å². The number of hydrogen-bond donors (Lipinski definition) is 0. The largest absolute Gasteiger partial charge is 1.00 e. The summed E-state index contributed by atoms with van der Waals surface area (Å²) in [6.07, 6.45) is 0. The minimum absolute atomic E-state index is 0. The van der Waals surface area contributed by atoms with Crippen molar-refractivity contribution in [2.45, 2.75) is 0 Å². The van der Waals surface area contributed by atoms with Gasteiger partial charge >= 0.3 is 5.91 Å². The first kappa shape index (κ1) is 26.3. The van der Waals surface area contributed by atoms with Crippen molar-refractivity contribution >= 4 is 46.3 Å². The number of Topliss-reactive ketones (excluding diaryl/α,β-unsaturated/α-hetero) is 1. The fourth-order valence-corrected chi connectivity index (χ4v) is 9.78. The molecule has 1 aliphatic heterocycles. The Morgan fingerprint density at radius 2 is 0.821 bits per heavy atom. The van der Waals surface area contributed by atoms with E-state index in [-0.39, 0.29) is 12.4 Å². The molecular weight excluding hydrogens is 521 g/mol. The summed E-state index contributed by atoms with van der Waals surface area (Å²) in [5.74, 6) is -0.991. The van der Waals surface area contributed by atoms with E-state index in [4.69, 9.17) is 0 Å². The summed E-state index contributed by atoms with van der Waals surface area (Å²) < 4.78 is 0. The number of para-hydroxylation sites is 1. The van der Waals surface area contributed by atoms with Gasteiger partial charge in [0.1, 0.15) is 21.6 Å². The van der Waals surface area contributed by atoms with Crippen LogP contribution in [0.5, 0.6) is 0 Å². The van der Waals surface area contributed by atoms with Gasteiger partial charge in [-0.15, -0.1) is 0 Å². The molecule has 39 heavy (non-hydrogen) atoms. The lowest BCUT2D eigenvalue weighted by Crippen LogP contribution is -3.00. The summed E-state index contributed by atoms with van der Waals surface area (Å²) >= 11 is 0. The van der Waals surface area contributed by atoms with Crippen LogP contribution in [0.3, 0.4) is 0 Å². The van der Waals surface area contributed by atoms with Crippen LogP contribution in [0, 0.1) is 0 Å². The molecule has 0 aliphatic carbocycles. The maximum absolute atomic E-state index is 14.4. The van der Waals surface area contributed by atoms with Gasteiger partial charge in [-0.25, -0.2) is 0 Å². The molecule has 0 atom stereocenters. The Morgan fingerprint density at radius 3 is 1.23 bits per heavy atom. The van der Waals surface area contributed by atoms with Gasteiger partial charge in [0.15, 0.2) is 12.6 Å². The number of nitrogens with zero attached hydrogens (tertiary/aromatic N) is 1. The Hall–Kier alpha value is -4.30. The van der Waals surface area contributed by atoms with Gasteiger partial charge in [0.25, 0.3) is 5.78 Å². The Balaban J connectivity index is 0.00000308. The maximum Gasteiger partial charge on any atom is 0.307 e. The number of benzene rings is 5. The van der Waals surface area contributed by atoms with Gasteiger partial charge < -0.3 is 12.4 Å². The van der Waals surface area contributed by atoms with Gasteiger partial charge in [-0.3, -0.25) is 14.5 Å². The molecule has 3 nitrogen and oxygen atoms in total. The zero-order valence-corrected chi connectivity index (χ0v) is 22.7. The van der Waals surface area contributed by atoms with E-state index in [1.165, 1.54) is 0 Å². The van der Waals surface area contributed by atoms with Crippen LogP contribution >= 0.6 is 7.26 Å². The van der Waals surface area contributed by atoms with E-state index >= 15 is 0 Å². The molecule has 1 amide bonds. The van der Waals surface area contributed by atoms with Gasteiger partial charge in [0, 0.05) is 11.3 Å². The third-order valence-electron chi connectivity index (χ3n) is 6.89. The Kier molecular flexibility index (Phi) is 7.56. The summed E-state index contributed by atoms with van der Waals surface area (Å²) in [5.41, 5.74) is 2.15. The quantitative estimate of drug-likeness (QED) is 0.243. The number of hydrogen-bond acceptors (Lipinski definition) is 2. The van der Waals surface area contributed by atoms with Crippen LogP contribution < -0.4 is 33.2 Å². The van der Waals surface area contributed by atoms with Crippen molar-refractivity contribution in [3.63, 3.8) is 0 Å². The SMILES string of the molecule is O=C1C(=O)N(c2ccccc2)C(c2ccccc2)=C1[P+](c1ccccc1)(c1ccccc1)c1ccccc1.[Cl-]. The van der Waals surface area contributed by atoms with Gasteiger partial charge in [-0.1, -0.05) is 103 Å². The molecule has 5 aromatic carbocycles. The molecule has 6 rings (SSSR count). The monoisotopic (exact) mass is 545 g/mol. The van der Waals surface area contributed by atoms with E-state index in [1.54, 1.807) is 4.90 Å². The normalized spacial score (nSPS) is 13.4. The van der Waals surface area contributed by atoms with Crippen molar-refractivity contribution < 1.29 is 22.0 Å². The zero-order chi connectivity index (χ0) is 26.0. The van der Waals surface area contributed by atoms with E-state index in [0.29, 0.717) is 16.7 Å². The highest BCUT2D eigenvalue weighted by atomic mass is 35.5. The molecule has 1 heterocycles. The molecule has 0 unspecified atom stereocenters. The molecule has 5 heteroatoms. The third kappa shape index (κ3) is 4.40. The molecule has 0 bridgehead atoms. The molecule has 1 aliphatic rings. The first-order valence-electron chi connectivity index (χ1n) is 12.5. The van der Waals surface area contributed by atoms with Crippen molar-refractivity contribution in [3.05, 3.63) is 163 Å². The third-order valence-corrected chi connectivity index (χ3v) is 11.2. The van der Waals surface area contributed by atoms with Crippen LogP contribution in [-0.4, -0.2) is 11.7 Å². The first-order chi connectivity index (χ1) is 18.7. The van der Waals surface area contributed by atoms with E-state index in [1.807, 2.05) is 115 Å². The second-order valence-electron chi connectivity index (χ2n) is 9.05. The number of amides is 1. The van der Waals surface area contributed by atoms with E-state index in [2.05, 4.69) is 36.4 Å². The van der Waals surface area contributed by atoms with Crippen LogP contribution in [0.2, 0.25) is 0 Å². The lowest BCUT2D eigenvalue weighted by molar-refractivity contribution is -0.132. The van der Waals surface area contributed by atoms with Gasteiger partial charge in [0.05, 0.1) is 0 Å². The Bertz CT molecular complexity index is 1530. The lowest BCUT2D eigenvalue weighted by atomic mass is 10.1. The molecule has 0 saturated heterocycles. The number of ketones is 1. The fourth-order valence-electron chi connectivity index (χ4n) is 5.30. The van der Waals surface area contributed by atoms with Crippen LogP contribution in [-0.2, 0) is 9.59 Å². The van der Waals surface area contributed by atoms with Crippen molar-refractivity contribution in [2.75, 3.05) is 4.90 Å². The maximum atomic E-state index is 14.4. The topological polar surface area (TPSA) is 37.4 Å². The number of carbonyl (C=O) groups is 2. The molecule has 0 saturated carbocycles. The second kappa shape index (κ2) is 11.2. The van der Waals surface area contributed by atoms with E-state index < -0.39 is 19.0 Å². The van der Waals surface area contributed by atoms with Crippen LogP contribution in [0.15, 0.2) is 157 Å². The molecule has 0 radical (unpaired) electrons. The Morgan fingerprint density at radius 1 is 0.462 bits per heavy atom. The summed E-state index contributed by atoms with van der Waals surface area (Å²) in [6, 6.07) is 49.8. The van der Waals surface area contributed by atoms with Gasteiger partial charge in [-0.2, -0.15) is 0 Å². The van der Waals surface area contributed by atoms with Crippen molar-refractivity contribution in [1.82, 2.24) is 0 Å². The number of carbonyl (C=O) groups excluding carboxylic acids is 2. The lowest BCUT2D eigenvalue weighted by Gasteiger charge is -2.28. The van der Waals surface area contributed by atoms with Crippen molar-refractivity contribution in [2.24, 2.45) is 0 Å². The fraction of sp³-hybridized carbons (Fsp3) is 0. The summed E-state index contributed by atoms with van der Waals surface area (Å²) in [7, 11) is -2.81. The second-order valence-corrected chi connectivity index (χ2v) is 12.4. The smallest absolute Gasteiger partial charge is 0.307 e. The summed E-state index contributed by atoms with van der Waals surface area (Å²) in [4.78, 5) is 30.0. The minimum atomic E-state index is -2.81. The Labute approximate surface area is 235 Å². The molecular formula is C34H25ClNO2P. The molecule has 190 valence electrons. The molecule has 0 fully saturated rings. The first-order valence-corrected chi connectivity index (χ1v) is 14.3.